The minimum atomic E-state index is -0.798. The van der Waals surface area contributed by atoms with Crippen molar-refractivity contribution in [1.82, 2.24) is 25.3 Å². The molecule has 12 heteroatoms. The lowest BCUT2D eigenvalue weighted by Crippen LogP contribution is -2.58. The largest absolute Gasteiger partial charge is 0.368 e. The van der Waals surface area contributed by atoms with Crippen molar-refractivity contribution < 1.29 is 24.0 Å². The average molecular weight is 559 g/mol. The van der Waals surface area contributed by atoms with E-state index in [4.69, 9.17) is 5.73 Å². The van der Waals surface area contributed by atoms with Crippen molar-refractivity contribution in [1.29, 1.82) is 0 Å². The first kappa shape index (κ1) is 33.6. The van der Waals surface area contributed by atoms with Gasteiger partial charge in [-0.3, -0.25) is 24.0 Å². The molecule has 0 radical (unpaired) electrons. The van der Waals surface area contributed by atoms with E-state index >= 15 is 0 Å². The summed E-state index contributed by atoms with van der Waals surface area (Å²) in [5.41, 5.74) is 5.17. The number of amides is 5. The highest BCUT2D eigenvalue weighted by Gasteiger charge is 2.43. The SMILES string of the molecule is CC(C)C[C@@H](C(=O)N1CCC[C@H]1C(=O)N(C)[C@@H](CC(C)C)C(=O)NCC(N)=O)N(C)C(=O)[C@@H]1CCCN1.Cl. The molecule has 0 saturated carbocycles. The molecule has 0 spiro atoms. The van der Waals surface area contributed by atoms with Crippen LogP contribution in [0.3, 0.4) is 0 Å². The van der Waals surface area contributed by atoms with Crippen LogP contribution in [0.25, 0.3) is 0 Å². The summed E-state index contributed by atoms with van der Waals surface area (Å²) in [5, 5.41) is 5.71. The van der Waals surface area contributed by atoms with E-state index in [2.05, 4.69) is 10.6 Å². The zero-order valence-electron chi connectivity index (χ0n) is 23.7. The van der Waals surface area contributed by atoms with Gasteiger partial charge in [0.05, 0.1) is 12.6 Å². The lowest BCUT2D eigenvalue weighted by Gasteiger charge is -2.37. The van der Waals surface area contributed by atoms with Gasteiger partial charge in [-0.1, -0.05) is 27.7 Å². The fourth-order valence-corrected chi connectivity index (χ4v) is 5.21. The van der Waals surface area contributed by atoms with Crippen LogP contribution in [0, 0.1) is 11.8 Å². The second kappa shape index (κ2) is 15.3. The Balaban J connectivity index is 0.00000722. The van der Waals surface area contributed by atoms with Crippen molar-refractivity contribution in [3.63, 3.8) is 0 Å². The molecule has 11 nitrogen and oxygen atoms in total. The average Bonchev–Trinajstić information content (AvgIpc) is 3.54. The molecule has 2 aliphatic rings. The Bertz CT molecular complexity index is 848. The third-order valence-corrected chi connectivity index (χ3v) is 7.22. The topological polar surface area (TPSA) is 145 Å². The van der Waals surface area contributed by atoms with Crippen LogP contribution in [0.2, 0.25) is 0 Å². The van der Waals surface area contributed by atoms with Gasteiger partial charge in [0.2, 0.25) is 29.5 Å². The van der Waals surface area contributed by atoms with Crippen LogP contribution in [-0.4, -0.2) is 102 Å². The van der Waals surface area contributed by atoms with E-state index in [0.29, 0.717) is 32.2 Å². The van der Waals surface area contributed by atoms with Crippen molar-refractivity contribution in [3.05, 3.63) is 0 Å². The summed E-state index contributed by atoms with van der Waals surface area (Å²) >= 11 is 0. The van der Waals surface area contributed by atoms with Gasteiger partial charge in [0.1, 0.15) is 18.1 Å². The number of rotatable bonds is 12. The molecule has 4 atom stereocenters. The highest BCUT2D eigenvalue weighted by atomic mass is 35.5. The Hall–Kier alpha value is -2.40. The summed E-state index contributed by atoms with van der Waals surface area (Å²) < 4.78 is 0. The predicted molar refractivity (Wildman–Crippen MR) is 147 cm³/mol. The van der Waals surface area contributed by atoms with E-state index < -0.39 is 29.9 Å². The number of carbonyl (C=O) groups is 5. The minimum absolute atomic E-state index is 0. The second-order valence-electron chi connectivity index (χ2n) is 11.2. The van der Waals surface area contributed by atoms with Gasteiger partial charge >= 0.3 is 0 Å². The van der Waals surface area contributed by atoms with Crippen molar-refractivity contribution >= 4 is 41.9 Å². The van der Waals surface area contributed by atoms with E-state index in [1.54, 1.807) is 23.9 Å². The van der Waals surface area contributed by atoms with E-state index in [-0.39, 0.29) is 54.6 Å². The van der Waals surface area contributed by atoms with Crippen molar-refractivity contribution in [2.45, 2.75) is 90.4 Å². The predicted octanol–water partition coefficient (Wildman–Crippen LogP) is 0.499. The zero-order valence-corrected chi connectivity index (χ0v) is 24.5. The highest BCUT2D eigenvalue weighted by molar-refractivity contribution is 5.95. The van der Waals surface area contributed by atoms with Crippen LogP contribution >= 0.6 is 12.4 Å². The third-order valence-electron chi connectivity index (χ3n) is 7.22. The quantitative estimate of drug-likeness (QED) is 0.318. The summed E-state index contributed by atoms with van der Waals surface area (Å²) in [7, 11) is 3.24. The molecule has 2 rings (SSSR count). The molecule has 2 fully saturated rings. The molecule has 38 heavy (non-hydrogen) atoms. The van der Waals surface area contributed by atoms with Gasteiger partial charge < -0.3 is 31.1 Å². The number of nitrogens with zero attached hydrogens (tertiary/aromatic N) is 3. The third kappa shape index (κ3) is 8.83. The molecule has 0 aromatic carbocycles. The van der Waals surface area contributed by atoms with Crippen LogP contribution < -0.4 is 16.4 Å². The molecule has 4 N–H and O–H groups in total. The monoisotopic (exact) mass is 558 g/mol. The van der Waals surface area contributed by atoms with Gasteiger partial charge in [0.25, 0.3) is 0 Å². The molecule has 2 heterocycles. The Morgan fingerprint density at radius 2 is 1.50 bits per heavy atom. The van der Waals surface area contributed by atoms with Gasteiger partial charge in [-0.25, -0.2) is 0 Å². The molecular weight excluding hydrogens is 512 g/mol. The number of primary amides is 1. The summed E-state index contributed by atoms with van der Waals surface area (Å²) in [6.07, 6.45) is 3.71. The van der Waals surface area contributed by atoms with Gasteiger partial charge in [0, 0.05) is 20.6 Å². The van der Waals surface area contributed by atoms with Crippen LogP contribution in [-0.2, 0) is 24.0 Å². The van der Waals surface area contributed by atoms with Crippen molar-refractivity contribution in [3.8, 4) is 0 Å². The highest BCUT2D eigenvalue weighted by Crippen LogP contribution is 2.25. The number of hydrogen-bond donors (Lipinski definition) is 3. The molecule has 0 aliphatic carbocycles. The Morgan fingerprint density at radius 1 is 0.921 bits per heavy atom. The molecule has 218 valence electrons. The molecule has 0 unspecified atom stereocenters. The molecule has 0 bridgehead atoms. The first-order chi connectivity index (χ1) is 17.3. The molecule has 0 aromatic rings. The lowest BCUT2D eigenvalue weighted by molar-refractivity contribution is -0.152. The first-order valence-corrected chi connectivity index (χ1v) is 13.5. The first-order valence-electron chi connectivity index (χ1n) is 13.5. The number of likely N-dealkylation sites (tertiary alicyclic amines) is 1. The number of nitrogens with one attached hydrogen (secondary N) is 2. The molecule has 0 aromatic heterocycles. The van der Waals surface area contributed by atoms with Crippen LogP contribution in [0.1, 0.15) is 66.2 Å². The van der Waals surface area contributed by atoms with Crippen molar-refractivity contribution in [2.75, 3.05) is 33.7 Å². The molecule has 5 amide bonds. The normalized spacial score (nSPS) is 20.6. The molecule has 2 saturated heterocycles. The number of carbonyl (C=O) groups excluding carboxylic acids is 5. The smallest absolute Gasteiger partial charge is 0.246 e. The summed E-state index contributed by atoms with van der Waals surface area (Å²) in [4.78, 5) is 69.2. The van der Waals surface area contributed by atoms with Crippen LogP contribution in [0.15, 0.2) is 0 Å². The minimum Gasteiger partial charge on any atom is -0.368 e. The van der Waals surface area contributed by atoms with E-state index in [1.165, 1.54) is 4.90 Å². The second-order valence-corrected chi connectivity index (χ2v) is 11.2. The number of nitrogens with two attached hydrogens (primary N) is 1. The van der Waals surface area contributed by atoms with E-state index in [1.807, 2.05) is 27.7 Å². The number of halogens is 1. The standard InChI is InChI=1S/C26H46N6O5.ClH/c1-16(2)13-20(23(34)29-15-22(27)33)30(5)25(36)19-10-8-12-32(19)26(37)21(14-17(3)4)31(6)24(35)18-9-7-11-28-18;/h16-21,28H,7-15H2,1-6H3,(H2,27,33)(H,29,34);1H/t18-,19-,20-,21-;/m0./s1. The maximum atomic E-state index is 13.8. The van der Waals surface area contributed by atoms with E-state index in [0.717, 1.165) is 19.4 Å². The van der Waals surface area contributed by atoms with Gasteiger partial charge in [-0.2, -0.15) is 0 Å². The zero-order chi connectivity index (χ0) is 27.9. The van der Waals surface area contributed by atoms with Gasteiger partial charge in [-0.15, -0.1) is 12.4 Å². The summed E-state index contributed by atoms with van der Waals surface area (Å²) in [6.45, 7) is 8.80. The number of likely N-dealkylation sites (N-methyl/N-ethyl adjacent to an activating group) is 2. The van der Waals surface area contributed by atoms with Crippen LogP contribution in [0.4, 0.5) is 0 Å². The van der Waals surface area contributed by atoms with E-state index in [9.17, 15) is 24.0 Å². The fourth-order valence-electron chi connectivity index (χ4n) is 5.21. The fraction of sp³-hybridized carbons (Fsp3) is 0.808. The van der Waals surface area contributed by atoms with Crippen LogP contribution in [0.5, 0.6) is 0 Å². The Kier molecular flexibility index (Phi) is 13.5. The molecular formula is C26H47ClN6O5. The maximum absolute atomic E-state index is 13.8. The van der Waals surface area contributed by atoms with Crippen molar-refractivity contribution in [2.24, 2.45) is 17.6 Å². The maximum Gasteiger partial charge on any atom is 0.246 e. The Labute approximate surface area is 233 Å². The summed E-state index contributed by atoms with van der Waals surface area (Å²) in [5.74, 6) is -1.48. The Morgan fingerprint density at radius 3 is 2.03 bits per heavy atom. The van der Waals surface area contributed by atoms with Gasteiger partial charge in [-0.05, 0) is 56.9 Å². The molecule has 2 aliphatic heterocycles. The lowest BCUT2D eigenvalue weighted by atomic mass is 9.99. The number of hydrogen-bond acceptors (Lipinski definition) is 6. The summed E-state index contributed by atoms with van der Waals surface area (Å²) in [6, 6.07) is -2.46. The van der Waals surface area contributed by atoms with Gasteiger partial charge in [0.15, 0.2) is 0 Å².